The maximum Gasteiger partial charge on any atom is 0.0886 e. The molecular weight excluding hydrogens is 221 g/mol. The third kappa shape index (κ3) is 1.89. The van der Waals surface area contributed by atoms with E-state index in [0.717, 1.165) is 5.56 Å². The average Bonchev–Trinajstić information content (AvgIpc) is 2.64. The van der Waals surface area contributed by atoms with E-state index in [1.165, 1.54) is 4.80 Å². The van der Waals surface area contributed by atoms with E-state index in [4.69, 9.17) is 23.2 Å². The fourth-order valence-electron chi connectivity index (χ4n) is 1.15. The van der Waals surface area contributed by atoms with Crippen LogP contribution in [0.5, 0.6) is 0 Å². The molecule has 0 N–H and O–H groups in total. The predicted molar refractivity (Wildman–Crippen MR) is 55.6 cm³/mol. The molecule has 0 spiro atoms. The highest BCUT2D eigenvalue weighted by molar-refractivity contribution is 6.35. The summed E-state index contributed by atoms with van der Waals surface area (Å²) in [5.41, 5.74) is 0.840. The van der Waals surface area contributed by atoms with E-state index in [0.29, 0.717) is 16.6 Å². The van der Waals surface area contributed by atoms with Crippen LogP contribution >= 0.6 is 23.2 Å². The fraction of sp³-hybridized carbons (Fsp3) is 0.111. The summed E-state index contributed by atoms with van der Waals surface area (Å²) in [5, 5.41) is 9.23. The van der Waals surface area contributed by atoms with Crippen molar-refractivity contribution < 1.29 is 0 Å². The third-order valence-corrected chi connectivity index (χ3v) is 2.54. The van der Waals surface area contributed by atoms with Crippen LogP contribution in [0.3, 0.4) is 0 Å². The Morgan fingerprint density at radius 1 is 1.07 bits per heavy atom. The van der Waals surface area contributed by atoms with Crippen LogP contribution in [-0.4, -0.2) is 15.0 Å². The summed E-state index contributed by atoms with van der Waals surface area (Å²) in [4.78, 5) is 1.53. The lowest BCUT2D eigenvalue weighted by molar-refractivity contribution is 0.591. The summed E-state index contributed by atoms with van der Waals surface area (Å²) in [6.07, 6.45) is 3.23. The second kappa shape index (κ2) is 3.98. The van der Waals surface area contributed by atoms with E-state index in [2.05, 4.69) is 10.2 Å². The Kier molecular flexibility index (Phi) is 2.70. The highest BCUT2D eigenvalue weighted by Gasteiger charge is 2.06. The number of hydrogen-bond donors (Lipinski definition) is 0. The molecule has 1 aromatic heterocycles. The van der Waals surface area contributed by atoms with Crippen molar-refractivity contribution in [2.24, 2.45) is 0 Å². The first-order valence-corrected chi connectivity index (χ1v) is 4.80. The van der Waals surface area contributed by atoms with Crippen LogP contribution in [0.2, 0.25) is 10.0 Å². The SMILES string of the molecule is Clc1cccc(Cl)c1Cn1nccn1. The molecule has 0 fully saturated rings. The zero-order chi connectivity index (χ0) is 9.97. The molecule has 0 saturated carbocycles. The molecule has 2 rings (SSSR count). The monoisotopic (exact) mass is 227 g/mol. The first kappa shape index (κ1) is 9.49. The highest BCUT2D eigenvalue weighted by atomic mass is 35.5. The molecule has 0 unspecified atom stereocenters. The molecule has 0 radical (unpaired) electrons. The van der Waals surface area contributed by atoms with Crippen molar-refractivity contribution in [3.05, 3.63) is 46.2 Å². The van der Waals surface area contributed by atoms with Crippen molar-refractivity contribution in [1.82, 2.24) is 15.0 Å². The molecule has 0 aliphatic carbocycles. The topological polar surface area (TPSA) is 30.7 Å². The lowest BCUT2D eigenvalue weighted by Gasteiger charge is -2.05. The predicted octanol–water partition coefficient (Wildman–Crippen LogP) is 2.63. The van der Waals surface area contributed by atoms with Crippen molar-refractivity contribution in [2.45, 2.75) is 6.54 Å². The molecule has 2 aromatic rings. The normalized spacial score (nSPS) is 10.4. The quantitative estimate of drug-likeness (QED) is 0.790. The van der Waals surface area contributed by atoms with Gasteiger partial charge in [0, 0.05) is 15.6 Å². The molecule has 0 aliphatic heterocycles. The van der Waals surface area contributed by atoms with Gasteiger partial charge in [-0.2, -0.15) is 15.0 Å². The minimum Gasteiger partial charge on any atom is -0.180 e. The summed E-state index contributed by atoms with van der Waals surface area (Å²) >= 11 is 12.0. The van der Waals surface area contributed by atoms with Gasteiger partial charge in [-0.25, -0.2) is 0 Å². The Hall–Kier alpha value is -1.06. The molecule has 0 amide bonds. The Morgan fingerprint density at radius 2 is 1.64 bits per heavy atom. The van der Waals surface area contributed by atoms with Gasteiger partial charge in [0.1, 0.15) is 0 Å². The number of hydrogen-bond acceptors (Lipinski definition) is 2. The Labute approximate surface area is 91.3 Å². The molecule has 0 bridgehead atoms. The van der Waals surface area contributed by atoms with E-state index in [1.54, 1.807) is 24.5 Å². The maximum absolute atomic E-state index is 5.99. The van der Waals surface area contributed by atoms with Crippen LogP contribution in [0.15, 0.2) is 30.6 Å². The summed E-state index contributed by atoms with van der Waals surface area (Å²) < 4.78 is 0. The molecule has 5 heteroatoms. The smallest absolute Gasteiger partial charge is 0.0886 e. The molecule has 0 aliphatic rings. The molecule has 14 heavy (non-hydrogen) atoms. The van der Waals surface area contributed by atoms with Gasteiger partial charge in [-0.1, -0.05) is 29.3 Å². The van der Waals surface area contributed by atoms with Gasteiger partial charge in [-0.05, 0) is 12.1 Å². The van der Waals surface area contributed by atoms with E-state index in [9.17, 15) is 0 Å². The van der Waals surface area contributed by atoms with Gasteiger partial charge >= 0.3 is 0 Å². The Bertz CT molecular complexity index is 405. The van der Waals surface area contributed by atoms with Crippen LogP contribution < -0.4 is 0 Å². The molecule has 1 heterocycles. The van der Waals surface area contributed by atoms with Crippen LogP contribution in [-0.2, 0) is 6.54 Å². The number of benzene rings is 1. The number of rotatable bonds is 2. The molecule has 1 aromatic carbocycles. The van der Waals surface area contributed by atoms with Gasteiger partial charge in [0.2, 0.25) is 0 Å². The Morgan fingerprint density at radius 3 is 2.21 bits per heavy atom. The van der Waals surface area contributed by atoms with Crippen molar-refractivity contribution in [3.8, 4) is 0 Å². The zero-order valence-corrected chi connectivity index (χ0v) is 8.70. The zero-order valence-electron chi connectivity index (χ0n) is 7.19. The van der Waals surface area contributed by atoms with Gasteiger partial charge in [-0.15, -0.1) is 0 Å². The van der Waals surface area contributed by atoms with E-state index >= 15 is 0 Å². The summed E-state index contributed by atoms with van der Waals surface area (Å²) in [7, 11) is 0. The first-order chi connectivity index (χ1) is 6.77. The van der Waals surface area contributed by atoms with Gasteiger partial charge in [-0.3, -0.25) is 0 Å². The van der Waals surface area contributed by atoms with E-state index in [-0.39, 0.29) is 0 Å². The van der Waals surface area contributed by atoms with Crippen molar-refractivity contribution in [3.63, 3.8) is 0 Å². The highest BCUT2D eigenvalue weighted by Crippen LogP contribution is 2.24. The van der Waals surface area contributed by atoms with Crippen LogP contribution in [0.4, 0.5) is 0 Å². The summed E-state index contributed by atoms with van der Waals surface area (Å²) in [6.45, 7) is 0.492. The van der Waals surface area contributed by atoms with Gasteiger partial charge in [0.15, 0.2) is 0 Å². The third-order valence-electron chi connectivity index (χ3n) is 1.83. The molecule has 0 saturated heterocycles. The second-order valence-corrected chi connectivity index (χ2v) is 3.57. The van der Waals surface area contributed by atoms with E-state index < -0.39 is 0 Å². The molecular formula is C9H7Cl2N3. The Balaban J connectivity index is 2.33. The van der Waals surface area contributed by atoms with Crippen molar-refractivity contribution >= 4 is 23.2 Å². The van der Waals surface area contributed by atoms with Crippen LogP contribution in [0, 0.1) is 0 Å². The number of aromatic nitrogens is 3. The second-order valence-electron chi connectivity index (χ2n) is 2.76. The van der Waals surface area contributed by atoms with Crippen molar-refractivity contribution in [1.29, 1.82) is 0 Å². The first-order valence-electron chi connectivity index (χ1n) is 4.04. The number of nitrogens with zero attached hydrogens (tertiary/aromatic N) is 3. The largest absolute Gasteiger partial charge is 0.180 e. The van der Waals surface area contributed by atoms with Gasteiger partial charge in [0.05, 0.1) is 18.9 Å². The minimum absolute atomic E-state index is 0.492. The number of halogens is 2. The van der Waals surface area contributed by atoms with Gasteiger partial charge < -0.3 is 0 Å². The maximum atomic E-state index is 5.99. The lowest BCUT2D eigenvalue weighted by atomic mass is 10.2. The summed E-state index contributed by atoms with van der Waals surface area (Å²) in [5.74, 6) is 0. The molecule has 72 valence electrons. The standard InChI is InChI=1S/C9H7Cl2N3/c10-8-2-1-3-9(11)7(8)6-14-12-4-5-13-14/h1-5H,6H2. The van der Waals surface area contributed by atoms with Crippen molar-refractivity contribution in [2.75, 3.05) is 0 Å². The fourth-order valence-corrected chi connectivity index (χ4v) is 1.67. The average molecular weight is 228 g/mol. The van der Waals surface area contributed by atoms with E-state index in [1.807, 2.05) is 6.07 Å². The lowest BCUT2D eigenvalue weighted by Crippen LogP contribution is -2.04. The van der Waals surface area contributed by atoms with Crippen LogP contribution in [0.1, 0.15) is 5.56 Å². The molecule has 0 atom stereocenters. The van der Waals surface area contributed by atoms with Crippen LogP contribution in [0.25, 0.3) is 0 Å². The minimum atomic E-state index is 0.492. The summed E-state index contributed by atoms with van der Waals surface area (Å²) in [6, 6.07) is 5.41. The molecule has 3 nitrogen and oxygen atoms in total. The van der Waals surface area contributed by atoms with Gasteiger partial charge in [0.25, 0.3) is 0 Å².